The fourth-order valence-electron chi connectivity index (χ4n) is 3.25. The Morgan fingerprint density at radius 3 is 2.13 bits per heavy atom. The van der Waals surface area contributed by atoms with Crippen LogP contribution in [0.1, 0.15) is 21.6 Å². The molecule has 4 aromatic rings. The number of hydrogen-bond acceptors (Lipinski definition) is 3. The molecule has 0 amide bonds. The Hall–Kier alpha value is -4.12. The number of para-hydroxylation sites is 1. The Kier molecular flexibility index (Phi) is 5.44. The Balaban J connectivity index is 1.89. The lowest BCUT2D eigenvalue weighted by molar-refractivity contribution is 0.0697. The molecule has 5 nitrogen and oxygen atoms in total. The van der Waals surface area contributed by atoms with Gasteiger partial charge in [-0.25, -0.2) is 9.48 Å². The highest BCUT2D eigenvalue weighted by molar-refractivity contribution is 5.99. The highest BCUT2D eigenvalue weighted by Crippen LogP contribution is 2.29. The predicted molar refractivity (Wildman–Crippen MR) is 118 cm³/mol. The van der Waals surface area contributed by atoms with Crippen molar-refractivity contribution >= 4 is 18.1 Å². The van der Waals surface area contributed by atoms with Gasteiger partial charge in [0.1, 0.15) is 17.0 Å². The fourth-order valence-corrected chi connectivity index (χ4v) is 3.25. The first-order valence-electron chi connectivity index (χ1n) is 9.46. The Morgan fingerprint density at radius 2 is 1.53 bits per heavy atom. The van der Waals surface area contributed by atoms with Crippen LogP contribution in [0.2, 0.25) is 0 Å². The zero-order valence-corrected chi connectivity index (χ0v) is 16.4. The van der Waals surface area contributed by atoms with Crippen LogP contribution in [0.4, 0.5) is 0 Å². The van der Waals surface area contributed by atoms with E-state index in [4.69, 9.17) is 4.74 Å². The molecule has 0 aliphatic heterocycles. The first kappa shape index (κ1) is 19.2. The summed E-state index contributed by atoms with van der Waals surface area (Å²) in [5.74, 6) is -0.260. The van der Waals surface area contributed by atoms with Crippen LogP contribution >= 0.6 is 0 Å². The average Bonchev–Trinajstić information content (AvgIpc) is 3.19. The number of carboxylic acid groups (broad SMARTS) is 1. The topological polar surface area (TPSA) is 64.3 Å². The van der Waals surface area contributed by atoms with Crippen molar-refractivity contribution in [2.24, 2.45) is 0 Å². The van der Waals surface area contributed by atoms with E-state index in [1.165, 1.54) is 0 Å². The highest BCUT2D eigenvalue weighted by Gasteiger charge is 2.23. The van der Waals surface area contributed by atoms with Gasteiger partial charge in [0.25, 0.3) is 0 Å². The van der Waals surface area contributed by atoms with Gasteiger partial charge in [0.05, 0.1) is 18.5 Å². The van der Waals surface area contributed by atoms with Crippen LogP contribution in [0, 0.1) is 0 Å². The third-order valence-corrected chi connectivity index (χ3v) is 4.73. The quantitative estimate of drug-likeness (QED) is 0.473. The number of aromatic carboxylic acids is 1. The minimum Gasteiger partial charge on any atom is -0.497 e. The van der Waals surface area contributed by atoms with Crippen LogP contribution in [-0.4, -0.2) is 28.0 Å². The molecule has 4 rings (SSSR count). The van der Waals surface area contributed by atoms with Crippen molar-refractivity contribution in [2.75, 3.05) is 7.11 Å². The van der Waals surface area contributed by atoms with Gasteiger partial charge in [-0.3, -0.25) is 0 Å². The summed E-state index contributed by atoms with van der Waals surface area (Å²) in [7, 11) is 1.62. The van der Waals surface area contributed by atoms with Gasteiger partial charge in [0, 0.05) is 5.56 Å². The summed E-state index contributed by atoms with van der Waals surface area (Å²) >= 11 is 0. The summed E-state index contributed by atoms with van der Waals surface area (Å²) < 4.78 is 6.87. The number of ether oxygens (including phenoxy) is 1. The Morgan fingerprint density at radius 1 is 0.900 bits per heavy atom. The van der Waals surface area contributed by atoms with E-state index in [0.717, 1.165) is 22.6 Å². The van der Waals surface area contributed by atoms with E-state index in [2.05, 4.69) is 5.10 Å². The molecular formula is C25H20N2O3. The van der Waals surface area contributed by atoms with Crippen molar-refractivity contribution in [2.45, 2.75) is 0 Å². The number of aromatic nitrogens is 2. The molecule has 0 fully saturated rings. The van der Waals surface area contributed by atoms with Crippen LogP contribution in [-0.2, 0) is 0 Å². The van der Waals surface area contributed by atoms with E-state index in [1.54, 1.807) is 17.9 Å². The fraction of sp³-hybridized carbons (Fsp3) is 0.0400. The Bertz CT molecular complexity index is 1180. The van der Waals surface area contributed by atoms with Gasteiger partial charge in [-0.2, -0.15) is 5.10 Å². The second-order valence-electron chi connectivity index (χ2n) is 6.63. The minimum atomic E-state index is -1.02. The standard InChI is InChI=1S/C25H20N2O3/c1-30-21-15-12-18(13-16-21)14-17-22-23(25(28)29)24(19-8-4-2-5-9-19)26-27(22)20-10-6-3-7-11-20/h2-17H,1H3,(H,28,29). The number of carboxylic acids is 1. The van der Waals surface area contributed by atoms with E-state index in [1.807, 2.05) is 91.0 Å². The zero-order valence-electron chi connectivity index (χ0n) is 16.4. The van der Waals surface area contributed by atoms with Gasteiger partial charge in [-0.15, -0.1) is 0 Å². The van der Waals surface area contributed by atoms with E-state index in [-0.39, 0.29) is 5.56 Å². The van der Waals surface area contributed by atoms with Crippen molar-refractivity contribution < 1.29 is 14.6 Å². The SMILES string of the molecule is COc1ccc(C=Cc2c(C(=O)O)c(-c3ccccc3)nn2-c2ccccc2)cc1. The smallest absolute Gasteiger partial charge is 0.340 e. The Labute approximate surface area is 174 Å². The first-order chi connectivity index (χ1) is 14.7. The lowest BCUT2D eigenvalue weighted by atomic mass is 10.0. The second-order valence-corrected chi connectivity index (χ2v) is 6.63. The summed E-state index contributed by atoms with van der Waals surface area (Å²) in [6.07, 6.45) is 3.66. The number of benzene rings is 3. The molecule has 0 saturated carbocycles. The number of nitrogens with zero attached hydrogens (tertiary/aromatic N) is 2. The molecule has 1 N–H and O–H groups in total. The number of methoxy groups -OCH3 is 1. The second kappa shape index (κ2) is 8.49. The average molecular weight is 396 g/mol. The van der Waals surface area contributed by atoms with E-state index >= 15 is 0 Å². The zero-order chi connectivity index (χ0) is 20.9. The van der Waals surface area contributed by atoms with Gasteiger partial charge in [-0.1, -0.05) is 66.7 Å². The molecule has 0 unspecified atom stereocenters. The van der Waals surface area contributed by atoms with Crippen molar-refractivity contribution in [3.8, 4) is 22.7 Å². The van der Waals surface area contributed by atoms with E-state index < -0.39 is 5.97 Å². The molecule has 0 aliphatic carbocycles. The van der Waals surface area contributed by atoms with E-state index in [9.17, 15) is 9.90 Å². The molecular weight excluding hydrogens is 376 g/mol. The number of hydrogen-bond donors (Lipinski definition) is 1. The van der Waals surface area contributed by atoms with Gasteiger partial charge >= 0.3 is 5.97 Å². The molecule has 0 radical (unpaired) electrons. The maximum atomic E-state index is 12.3. The summed E-state index contributed by atoms with van der Waals surface area (Å²) in [6, 6.07) is 26.4. The normalized spacial score (nSPS) is 11.0. The van der Waals surface area contributed by atoms with Gasteiger partial charge in [0.2, 0.25) is 0 Å². The molecule has 3 aromatic carbocycles. The summed E-state index contributed by atoms with van der Waals surface area (Å²) in [6.45, 7) is 0. The highest BCUT2D eigenvalue weighted by atomic mass is 16.5. The third kappa shape index (κ3) is 3.86. The number of carbonyl (C=O) groups is 1. The summed E-state index contributed by atoms with van der Waals surface area (Å²) in [5.41, 5.74) is 3.56. The molecule has 30 heavy (non-hydrogen) atoms. The number of rotatable bonds is 6. The molecule has 0 spiro atoms. The van der Waals surface area contributed by atoms with Gasteiger partial charge < -0.3 is 9.84 Å². The lowest BCUT2D eigenvalue weighted by Crippen LogP contribution is -2.02. The monoisotopic (exact) mass is 396 g/mol. The summed E-state index contributed by atoms with van der Waals surface area (Å²) in [5, 5.41) is 14.7. The first-order valence-corrected chi connectivity index (χ1v) is 9.46. The molecule has 0 saturated heterocycles. The molecule has 5 heteroatoms. The lowest BCUT2D eigenvalue weighted by Gasteiger charge is -2.05. The van der Waals surface area contributed by atoms with Crippen molar-refractivity contribution in [1.29, 1.82) is 0 Å². The molecule has 1 aromatic heterocycles. The predicted octanol–water partition coefficient (Wildman–Crippen LogP) is 5.42. The van der Waals surface area contributed by atoms with Crippen LogP contribution < -0.4 is 4.74 Å². The van der Waals surface area contributed by atoms with E-state index in [0.29, 0.717) is 11.4 Å². The minimum absolute atomic E-state index is 0.162. The van der Waals surface area contributed by atoms with Crippen LogP contribution in [0.25, 0.3) is 29.1 Å². The van der Waals surface area contributed by atoms with Gasteiger partial charge in [0.15, 0.2) is 0 Å². The van der Waals surface area contributed by atoms with Crippen molar-refractivity contribution in [3.63, 3.8) is 0 Å². The maximum absolute atomic E-state index is 12.3. The van der Waals surface area contributed by atoms with Crippen molar-refractivity contribution in [3.05, 3.63) is 102 Å². The largest absolute Gasteiger partial charge is 0.497 e. The maximum Gasteiger partial charge on any atom is 0.340 e. The van der Waals surface area contributed by atoms with Crippen LogP contribution in [0.5, 0.6) is 5.75 Å². The molecule has 0 bridgehead atoms. The van der Waals surface area contributed by atoms with Gasteiger partial charge in [-0.05, 0) is 35.9 Å². The van der Waals surface area contributed by atoms with Crippen molar-refractivity contribution in [1.82, 2.24) is 9.78 Å². The van der Waals surface area contributed by atoms with Crippen LogP contribution in [0.3, 0.4) is 0 Å². The molecule has 1 heterocycles. The third-order valence-electron chi connectivity index (χ3n) is 4.73. The molecule has 0 atom stereocenters. The van der Waals surface area contributed by atoms with Crippen LogP contribution in [0.15, 0.2) is 84.9 Å². The molecule has 0 aliphatic rings. The molecule has 148 valence electrons. The summed E-state index contributed by atoms with van der Waals surface area (Å²) in [4.78, 5) is 12.3.